The molecule has 4 heterocycles. The maximum atomic E-state index is 9.03. The fourth-order valence-corrected chi connectivity index (χ4v) is 3.36. The molecule has 0 saturated carbocycles. The molecule has 0 bridgehead atoms. The van der Waals surface area contributed by atoms with E-state index in [1.165, 1.54) is 6.26 Å². The fourth-order valence-electron chi connectivity index (χ4n) is 3.36. The summed E-state index contributed by atoms with van der Waals surface area (Å²) in [6.07, 6.45) is 3.85. The number of para-hydroxylation sites is 1. The number of furan rings is 1. The lowest BCUT2D eigenvalue weighted by Gasteiger charge is -2.32. The summed E-state index contributed by atoms with van der Waals surface area (Å²) in [4.78, 5) is 13.9. The molecule has 0 fully saturated rings. The van der Waals surface area contributed by atoms with E-state index in [2.05, 4.69) is 15.0 Å². The van der Waals surface area contributed by atoms with Gasteiger partial charge < -0.3 is 18.7 Å². The first kappa shape index (κ1) is 13.9. The largest absolute Gasteiger partial charge is 0.458 e. The number of aromatic nitrogens is 3. The Morgan fingerprint density at radius 1 is 1.32 bits per heavy atom. The van der Waals surface area contributed by atoms with Crippen LogP contribution in [0.5, 0.6) is 0 Å². The van der Waals surface area contributed by atoms with Crippen molar-refractivity contribution in [2.45, 2.75) is 12.5 Å². The highest BCUT2D eigenvalue weighted by molar-refractivity contribution is 5.78. The number of benzene rings is 1. The molecule has 0 unspecified atom stereocenters. The third-order valence-electron chi connectivity index (χ3n) is 4.49. The van der Waals surface area contributed by atoms with E-state index < -0.39 is 0 Å². The summed E-state index contributed by atoms with van der Waals surface area (Å²) in [6.45, 7) is 0.683. The van der Waals surface area contributed by atoms with Gasteiger partial charge in [0.25, 0.3) is 6.01 Å². The van der Waals surface area contributed by atoms with Crippen LogP contribution in [-0.2, 0) is 6.42 Å². The first-order valence-electron chi connectivity index (χ1n) is 7.96. The third-order valence-corrected chi connectivity index (χ3v) is 4.49. The average molecular weight is 331 g/mol. The van der Waals surface area contributed by atoms with Crippen LogP contribution in [0.1, 0.15) is 28.9 Å². The van der Waals surface area contributed by atoms with E-state index in [0.717, 1.165) is 34.5 Å². The normalized spacial score (nSPS) is 16.8. The second kappa shape index (κ2) is 5.24. The highest BCUT2D eigenvalue weighted by Crippen LogP contribution is 2.38. The molecule has 1 aromatic carbocycles. The number of hydrogen-bond donors (Lipinski definition) is 1. The van der Waals surface area contributed by atoms with Crippen molar-refractivity contribution >= 4 is 17.0 Å². The Balaban J connectivity index is 1.67. The number of aromatic amines is 1. The molecule has 3 aromatic heterocycles. The van der Waals surface area contributed by atoms with Gasteiger partial charge >= 0.3 is 0 Å². The van der Waals surface area contributed by atoms with Crippen LogP contribution in [0.15, 0.2) is 51.8 Å². The van der Waals surface area contributed by atoms with Gasteiger partial charge in [-0.2, -0.15) is 10.2 Å². The van der Waals surface area contributed by atoms with Crippen LogP contribution in [0.3, 0.4) is 0 Å². The number of anilines is 1. The highest BCUT2D eigenvalue weighted by Gasteiger charge is 2.36. The topological polar surface area (TPSA) is 94.9 Å². The summed E-state index contributed by atoms with van der Waals surface area (Å²) in [6, 6.07) is 12.0. The maximum Gasteiger partial charge on any atom is 0.299 e. The predicted octanol–water partition coefficient (Wildman–Crippen LogP) is 3.17. The van der Waals surface area contributed by atoms with Gasteiger partial charge in [0, 0.05) is 24.0 Å². The van der Waals surface area contributed by atoms with Crippen molar-refractivity contribution in [2.75, 3.05) is 11.4 Å². The zero-order valence-electron chi connectivity index (χ0n) is 13.1. The van der Waals surface area contributed by atoms with E-state index in [4.69, 9.17) is 14.1 Å². The first-order chi connectivity index (χ1) is 12.3. The standard InChI is InChI=1S/C18H13N5O2/c19-8-12-9-24-18(22-12)23-6-5-13-16(21-10-20-13)17(23)15-7-11-3-1-2-4-14(11)25-15/h1-4,7,9-10,17H,5-6H2,(H,20,21)/t17-/m0/s1. The molecular weight excluding hydrogens is 318 g/mol. The third kappa shape index (κ3) is 2.11. The smallest absolute Gasteiger partial charge is 0.299 e. The van der Waals surface area contributed by atoms with Crippen molar-refractivity contribution in [3.8, 4) is 6.07 Å². The number of nitrogens with one attached hydrogen (secondary N) is 1. The molecule has 1 atom stereocenters. The van der Waals surface area contributed by atoms with Crippen molar-refractivity contribution in [2.24, 2.45) is 0 Å². The zero-order chi connectivity index (χ0) is 16.8. The van der Waals surface area contributed by atoms with Gasteiger partial charge in [-0.3, -0.25) is 0 Å². The molecule has 1 N–H and O–H groups in total. The highest BCUT2D eigenvalue weighted by atomic mass is 16.4. The number of imidazole rings is 1. The van der Waals surface area contributed by atoms with Crippen molar-refractivity contribution in [1.82, 2.24) is 15.0 Å². The van der Waals surface area contributed by atoms with E-state index in [1.807, 2.05) is 41.3 Å². The second-order valence-electron chi connectivity index (χ2n) is 5.93. The van der Waals surface area contributed by atoms with Gasteiger partial charge in [0.2, 0.25) is 0 Å². The Morgan fingerprint density at radius 2 is 2.24 bits per heavy atom. The minimum Gasteiger partial charge on any atom is -0.458 e. The molecule has 5 rings (SSSR count). The Hall–Kier alpha value is -3.53. The van der Waals surface area contributed by atoms with Gasteiger partial charge in [0.1, 0.15) is 29.7 Å². The fraction of sp³-hybridized carbons (Fsp3) is 0.167. The molecule has 0 amide bonds. The number of H-pyrrole nitrogens is 1. The lowest BCUT2D eigenvalue weighted by Crippen LogP contribution is -2.36. The van der Waals surface area contributed by atoms with E-state index >= 15 is 0 Å². The summed E-state index contributed by atoms with van der Waals surface area (Å²) in [7, 11) is 0. The van der Waals surface area contributed by atoms with Gasteiger partial charge in [-0.15, -0.1) is 0 Å². The van der Waals surface area contributed by atoms with Crippen LogP contribution in [0.4, 0.5) is 6.01 Å². The summed E-state index contributed by atoms with van der Waals surface area (Å²) < 4.78 is 11.6. The van der Waals surface area contributed by atoms with Gasteiger partial charge in [-0.25, -0.2) is 4.98 Å². The number of oxazole rings is 1. The van der Waals surface area contributed by atoms with E-state index in [9.17, 15) is 0 Å². The van der Waals surface area contributed by atoms with Crippen molar-refractivity contribution in [3.05, 3.63) is 65.8 Å². The van der Waals surface area contributed by atoms with Crippen molar-refractivity contribution in [3.63, 3.8) is 0 Å². The van der Waals surface area contributed by atoms with E-state index in [-0.39, 0.29) is 11.7 Å². The SMILES string of the molecule is N#Cc1coc(N2CCc3[nH]cnc3[C@@H]2c2cc3ccccc3o2)n1. The number of hydrogen-bond acceptors (Lipinski definition) is 6. The molecular formula is C18H13N5O2. The Bertz CT molecular complexity index is 1070. The second-order valence-corrected chi connectivity index (χ2v) is 5.93. The molecule has 1 aliphatic rings. The monoisotopic (exact) mass is 331 g/mol. The molecule has 7 heteroatoms. The van der Waals surface area contributed by atoms with Gasteiger partial charge in [0.05, 0.1) is 12.0 Å². The van der Waals surface area contributed by atoms with Crippen LogP contribution in [-0.4, -0.2) is 21.5 Å². The molecule has 0 spiro atoms. The molecule has 1 aliphatic heterocycles. The number of nitriles is 1. The molecule has 25 heavy (non-hydrogen) atoms. The number of rotatable bonds is 2. The molecule has 0 saturated heterocycles. The Kier molecular flexibility index (Phi) is 2.91. The Morgan fingerprint density at radius 3 is 3.08 bits per heavy atom. The molecule has 7 nitrogen and oxygen atoms in total. The van der Waals surface area contributed by atoms with E-state index in [1.54, 1.807) is 6.33 Å². The zero-order valence-corrected chi connectivity index (χ0v) is 13.1. The predicted molar refractivity (Wildman–Crippen MR) is 88.9 cm³/mol. The van der Waals surface area contributed by atoms with Crippen LogP contribution < -0.4 is 4.90 Å². The van der Waals surface area contributed by atoms with Crippen LogP contribution in [0, 0.1) is 11.3 Å². The van der Waals surface area contributed by atoms with Crippen molar-refractivity contribution < 1.29 is 8.83 Å². The molecule has 0 radical (unpaired) electrons. The average Bonchev–Trinajstić information content (AvgIpc) is 3.37. The quantitative estimate of drug-likeness (QED) is 0.606. The van der Waals surface area contributed by atoms with Gasteiger partial charge in [-0.05, 0) is 12.1 Å². The maximum absolute atomic E-state index is 9.03. The van der Waals surface area contributed by atoms with Crippen molar-refractivity contribution in [1.29, 1.82) is 5.26 Å². The molecule has 0 aliphatic carbocycles. The summed E-state index contributed by atoms with van der Waals surface area (Å²) >= 11 is 0. The molecule has 122 valence electrons. The minimum absolute atomic E-state index is 0.256. The lowest BCUT2D eigenvalue weighted by molar-refractivity contribution is 0.450. The summed E-state index contributed by atoms with van der Waals surface area (Å²) in [5, 5.41) is 10.1. The summed E-state index contributed by atoms with van der Waals surface area (Å²) in [5.74, 6) is 0.769. The Labute approximate surface area is 142 Å². The van der Waals surface area contributed by atoms with Gasteiger partial charge in [-0.1, -0.05) is 18.2 Å². The molecule has 4 aromatic rings. The van der Waals surface area contributed by atoms with Crippen LogP contribution in [0.25, 0.3) is 11.0 Å². The first-order valence-corrected chi connectivity index (χ1v) is 7.96. The van der Waals surface area contributed by atoms with Crippen LogP contribution >= 0.6 is 0 Å². The summed E-state index contributed by atoms with van der Waals surface area (Å²) in [5.41, 5.74) is 3.05. The van der Waals surface area contributed by atoms with Gasteiger partial charge in [0.15, 0.2) is 5.69 Å². The minimum atomic E-state index is -0.257. The number of nitrogens with zero attached hydrogens (tertiary/aromatic N) is 4. The van der Waals surface area contributed by atoms with E-state index in [0.29, 0.717) is 12.6 Å². The van der Waals surface area contributed by atoms with Crippen LogP contribution in [0.2, 0.25) is 0 Å². The lowest BCUT2D eigenvalue weighted by atomic mass is 10.0. The number of fused-ring (bicyclic) bond motifs is 2.